The summed E-state index contributed by atoms with van der Waals surface area (Å²) in [5.41, 5.74) is 6.51. The van der Waals surface area contributed by atoms with Crippen molar-refractivity contribution < 1.29 is 0 Å². The summed E-state index contributed by atoms with van der Waals surface area (Å²) < 4.78 is 0. The van der Waals surface area contributed by atoms with Gasteiger partial charge in [0.15, 0.2) is 0 Å². The summed E-state index contributed by atoms with van der Waals surface area (Å²) in [4.78, 5) is 0. The highest BCUT2D eigenvalue weighted by atomic mass is 15.5. The Hall–Kier alpha value is -1.64. The second-order valence-electron chi connectivity index (χ2n) is 6.29. The van der Waals surface area contributed by atoms with E-state index in [1.807, 2.05) is 0 Å². The van der Waals surface area contributed by atoms with Gasteiger partial charge in [0.25, 0.3) is 0 Å². The molecule has 0 aliphatic heterocycles. The van der Waals surface area contributed by atoms with Gasteiger partial charge in [0.2, 0.25) is 0 Å². The topological polar surface area (TPSA) is 15.3 Å². The maximum Gasteiger partial charge on any atom is 0.0385 e. The van der Waals surface area contributed by atoms with Crippen molar-refractivity contribution in [3.05, 3.63) is 71.8 Å². The molecule has 0 heterocycles. The van der Waals surface area contributed by atoms with Gasteiger partial charge in [0.1, 0.15) is 0 Å². The molecule has 1 aliphatic rings. The van der Waals surface area contributed by atoms with Crippen molar-refractivity contribution in [2.45, 2.75) is 51.2 Å². The Bertz CT molecular complexity index is 491. The molecule has 1 fully saturated rings. The van der Waals surface area contributed by atoms with E-state index in [2.05, 4.69) is 71.1 Å². The van der Waals surface area contributed by atoms with Gasteiger partial charge in [-0.25, -0.2) is 5.01 Å². The summed E-state index contributed by atoms with van der Waals surface area (Å²) >= 11 is 0. The summed E-state index contributed by atoms with van der Waals surface area (Å²) in [7, 11) is 0. The van der Waals surface area contributed by atoms with Crippen molar-refractivity contribution >= 4 is 0 Å². The fourth-order valence-electron chi connectivity index (χ4n) is 3.24. The SMILES string of the molecule is c1ccc(CN(Cc2ccccc2)NC2CCCCC2)cc1. The standard InChI is InChI=1S/C20H26N2/c1-4-10-18(11-5-1)16-22(17-19-12-6-2-7-13-19)21-20-14-8-3-9-15-20/h1-2,4-7,10-13,20-21H,3,8-9,14-17H2. The molecular formula is C20H26N2. The highest BCUT2D eigenvalue weighted by molar-refractivity contribution is 5.16. The van der Waals surface area contributed by atoms with Crippen molar-refractivity contribution in [3.63, 3.8) is 0 Å². The summed E-state index contributed by atoms with van der Waals surface area (Å²) in [6, 6.07) is 22.1. The van der Waals surface area contributed by atoms with E-state index >= 15 is 0 Å². The van der Waals surface area contributed by atoms with Crippen LogP contribution < -0.4 is 5.43 Å². The maximum absolute atomic E-state index is 3.79. The van der Waals surface area contributed by atoms with Gasteiger partial charge in [-0.1, -0.05) is 79.9 Å². The van der Waals surface area contributed by atoms with Crippen LogP contribution in [0.25, 0.3) is 0 Å². The van der Waals surface area contributed by atoms with Gasteiger partial charge in [0, 0.05) is 19.1 Å². The minimum atomic E-state index is 0.640. The molecule has 2 aromatic carbocycles. The smallest absolute Gasteiger partial charge is 0.0385 e. The molecule has 0 amide bonds. The van der Waals surface area contributed by atoms with Crippen molar-refractivity contribution in [2.24, 2.45) is 0 Å². The summed E-state index contributed by atoms with van der Waals surface area (Å²) in [6.45, 7) is 1.90. The first-order valence-corrected chi connectivity index (χ1v) is 8.49. The predicted octanol–water partition coefficient (Wildman–Crippen LogP) is 4.53. The van der Waals surface area contributed by atoms with E-state index < -0.39 is 0 Å². The maximum atomic E-state index is 3.79. The van der Waals surface area contributed by atoms with E-state index in [4.69, 9.17) is 0 Å². The Morgan fingerprint density at radius 3 is 1.73 bits per heavy atom. The Balaban J connectivity index is 1.66. The Labute approximate surface area is 134 Å². The molecule has 1 N–H and O–H groups in total. The lowest BCUT2D eigenvalue weighted by Crippen LogP contribution is -2.44. The first-order valence-electron chi connectivity index (χ1n) is 8.49. The Kier molecular flexibility index (Phi) is 5.63. The van der Waals surface area contributed by atoms with Gasteiger partial charge >= 0.3 is 0 Å². The summed E-state index contributed by atoms with van der Waals surface area (Å²) in [6.07, 6.45) is 6.74. The molecule has 116 valence electrons. The molecule has 0 radical (unpaired) electrons. The predicted molar refractivity (Wildman–Crippen MR) is 92.1 cm³/mol. The molecule has 2 aromatic rings. The second kappa shape index (κ2) is 8.11. The molecule has 0 unspecified atom stereocenters. The fourth-order valence-corrected chi connectivity index (χ4v) is 3.24. The highest BCUT2D eigenvalue weighted by Gasteiger charge is 2.16. The highest BCUT2D eigenvalue weighted by Crippen LogP contribution is 2.19. The van der Waals surface area contributed by atoms with Gasteiger partial charge in [-0.3, -0.25) is 5.43 Å². The first kappa shape index (κ1) is 15.3. The van der Waals surface area contributed by atoms with Gasteiger partial charge < -0.3 is 0 Å². The van der Waals surface area contributed by atoms with E-state index in [0.717, 1.165) is 13.1 Å². The fraction of sp³-hybridized carbons (Fsp3) is 0.400. The van der Waals surface area contributed by atoms with Gasteiger partial charge in [-0.05, 0) is 24.0 Å². The van der Waals surface area contributed by atoms with E-state index in [0.29, 0.717) is 6.04 Å². The van der Waals surface area contributed by atoms with Crippen LogP contribution in [-0.4, -0.2) is 11.1 Å². The zero-order valence-electron chi connectivity index (χ0n) is 13.2. The van der Waals surface area contributed by atoms with Crippen molar-refractivity contribution in [1.29, 1.82) is 0 Å². The lowest BCUT2D eigenvalue weighted by atomic mass is 9.96. The van der Waals surface area contributed by atoms with Gasteiger partial charge in [0.05, 0.1) is 0 Å². The van der Waals surface area contributed by atoms with Crippen LogP contribution in [0.3, 0.4) is 0 Å². The van der Waals surface area contributed by atoms with Crippen molar-refractivity contribution in [3.8, 4) is 0 Å². The molecule has 3 rings (SSSR count). The lowest BCUT2D eigenvalue weighted by molar-refractivity contribution is 0.122. The summed E-state index contributed by atoms with van der Waals surface area (Å²) in [5, 5.41) is 2.39. The molecule has 0 atom stereocenters. The van der Waals surface area contributed by atoms with E-state index in [1.54, 1.807) is 0 Å². The third-order valence-corrected chi connectivity index (χ3v) is 4.40. The van der Waals surface area contributed by atoms with Crippen LogP contribution in [0.4, 0.5) is 0 Å². The minimum absolute atomic E-state index is 0.640. The van der Waals surface area contributed by atoms with E-state index in [9.17, 15) is 0 Å². The van der Waals surface area contributed by atoms with Crippen molar-refractivity contribution in [1.82, 2.24) is 10.4 Å². The number of hydrogen-bond donors (Lipinski definition) is 1. The van der Waals surface area contributed by atoms with E-state index in [-0.39, 0.29) is 0 Å². The van der Waals surface area contributed by atoms with Crippen LogP contribution in [-0.2, 0) is 13.1 Å². The largest absolute Gasteiger partial charge is 0.251 e. The monoisotopic (exact) mass is 294 g/mol. The van der Waals surface area contributed by atoms with Crippen LogP contribution in [0.2, 0.25) is 0 Å². The number of hydrogen-bond acceptors (Lipinski definition) is 2. The molecule has 0 saturated heterocycles. The Morgan fingerprint density at radius 2 is 1.23 bits per heavy atom. The molecular weight excluding hydrogens is 268 g/mol. The average molecular weight is 294 g/mol. The van der Waals surface area contributed by atoms with Crippen LogP contribution in [0.5, 0.6) is 0 Å². The van der Waals surface area contributed by atoms with Crippen LogP contribution >= 0.6 is 0 Å². The average Bonchev–Trinajstić information content (AvgIpc) is 2.57. The molecule has 0 spiro atoms. The number of nitrogens with zero attached hydrogens (tertiary/aromatic N) is 1. The lowest BCUT2D eigenvalue weighted by Gasteiger charge is -2.31. The minimum Gasteiger partial charge on any atom is -0.251 e. The van der Waals surface area contributed by atoms with Crippen LogP contribution in [0.15, 0.2) is 60.7 Å². The third kappa shape index (κ3) is 4.69. The number of nitrogens with one attached hydrogen (secondary N) is 1. The molecule has 22 heavy (non-hydrogen) atoms. The summed E-state index contributed by atoms with van der Waals surface area (Å²) in [5.74, 6) is 0. The molecule has 1 aliphatic carbocycles. The van der Waals surface area contributed by atoms with Crippen LogP contribution in [0.1, 0.15) is 43.2 Å². The number of rotatable bonds is 6. The van der Waals surface area contributed by atoms with E-state index in [1.165, 1.54) is 43.2 Å². The molecule has 2 nitrogen and oxygen atoms in total. The molecule has 1 saturated carbocycles. The molecule has 0 bridgehead atoms. The zero-order valence-corrected chi connectivity index (χ0v) is 13.2. The van der Waals surface area contributed by atoms with Crippen molar-refractivity contribution in [2.75, 3.05) is 0 Å². The second-order valence-corrected chi connectivity index (χ2v) is 6.29. The first-order chi connectivity index (χ1) is 10.9. The molecule has 2 heteroatoms. The number of benzene rings is 2. The number of hydrazine groups is 1. The molecule has 0 aromatic heterocycles. The van der Waals surface area contributed by atoms with Gasteiger partial charge in [-0.15, -0.1) is 0 Å². The quantitative estimate of drug-likeness (QED) is 0.788. The normalized spacial score (nSPS) is 16.0. The zero-order chi connectivity index (χ0) is 15.0. The van der Waals surface area contributed by atoms with Crippen LogP contribution in [0, 0.1) is 0 Å². The third-order valence-electron chi connectivity index (χ3n) is 4.40. The van der Waals surface area contributed by atoms with Gasteiger partial charge in [-0.2, -0.15) is 0 Å². The Morgan fingerprint density at radius 1 is 0.727 bits per heavy atom.